The van der Waals surface area contributed by atoms with Gasteiger partial charge in [0.25, 0.3) is 0 Å². The summed E-state index contributed by atoms with van der Waals surface area (Å²) in [5.74, 6) is 0.0916. The van der Waals surface area contributed by atoms with Gasteiger partial charge in [-0.2, -0.15) is 0 Å². The minimum atomic E-state index is 0.0916. The van der Waals surface area contributed by atoms with Crippen molar-refractivity contribution in [1.29, 1.82) is 0 Å². The summed E-state index contributed by atoms with van der Waals surface area (Å²) in [7, 11) is 2.05. The monoisotopic (exact) mass is 287 g/mol. The number of rotatable bonds is 4. The smallest absolute Gasteiger partial charge is 0.238 e. The van der Waals surface area contributed by atoms with E-state index < -0.39 is 0 Å². The van der Waals surface area contributed by atoms with Gasteiger partial charge in [0.1, 0.15) is 0 Å². The van der Waals surface area contributed by atoms with E-state index in [0.29, 0.717) is 12.6 Å². The number of fused-ring (bicyclic) bond motifs is 1. The number of nitrogens with zero attached hydrogens (tertiary/aromatic N) is 1. The van der Waals surface area contributed by atoms with E-state index in [1.165, 1.54) is 24.0 Å². The van der Waals surface area contributed by atoms with Crippen molar-refractivity contribution in [3.05, 3.63) is 29.3 Å². The third-order valence-corrected chi connectivity index (χ3v) is 4.71. The SMILES string of the molecule is CN(CC(=O)Nc1ccc2c(c1)CCC2)C1CCNCC1. The Hall–Kier alpha value is -1.39. The molecule has 2 N–H and O–H groups in total. The maximum absolute atomic E-state index is 12.2. The Labute approximate surface area is 126 Å². The van der Waals surface area contributed by atoms with Crippen LogP contribution in [-0.4, -0.2) is 43.5 Å². The highest BCUT2D eigenvalue weighted by atomic mass is 16.2. The molecule has 2 aliphatic rings. The normalized spacial score (nSPS) is 18.8. The largest absolute Gasteiger partial charge is 0.325 e. The highest BCUT2D eigenvalue weighted by Crippen LogP contribution is 2.24. The van der Waals surface area contributed by atoms with Crippen LogP contribution in [0.5, 0.6) is 0 Å². The molecular formula is C17H25N3O. The van der Waals surface area contributed by atoms with Gasteiger partial charge in [-0.25, -0.2) is 0 Å². The Morgan fingerprint density at radius 2 is 2.05 bits per heavy atom. The van der Waals surface area contributed by atoms with E-state index in [-0.39, 0.29) is 5.91 Å². The van der Waals surface area contributed by atoms with E-state index in [0.717, 1.165) is 38.0 Å². The number of amides is 1. The fourth-order valence-corrected chi connectivity index (χ4v) is 3.45. The summed E-state index contributed by atoms with van der Waals surface area (Å²) in [4.78, 5) is 14.4. The molecule has 1 aromatic rings. The lowest BCUT2D eigenvalue weighted by Gasteiger charge is -2.31. The van der Waals surface area contributed by atoms with Crippen molar-refractivity contribution in [3.63, 3.8) is 0 Å². The number of aryl methyl sites for hydroxylation is 2. The molecule has 0 unspecified atom stereocenters. The topological polar surface area (TPSA) is 44.4 Å². The van der Waals surface area contributed by atoms with Crippen LogP contribution in [0.25, 0.3) is 0 Å². The summed E-state index contributed by atoms with van der Waals surface area (Å²) >= 11 is 0. The molecule has 0 radical (unpaired) electrons. The van der Waals surface area contributed by atoms with Crippen molar-refractivity contribution >= 4 is 11.6 Å². The molecule has 1 fully saturated rings. The predicted octanol–water partition coefficient (Wildman–Crippen LogP) is 1.80. The molecule has 1 aliphatic heterocycles. The summed E-state index contributed by atoms with van der Waals surface area (Å²) in [5, 5.41) is 6.40. The number of piperidine rings is 1. The molecule has 4 heteroatoms. The first-order valence-corrected chi connectivity index (χ1v) is 8.05. The van der Waals surface area contributed by atoms with Crippen LogP contribution in [0.1, 0.15) is 30.4 Å². The molecule has 0 aromatic heterocycles. The zero-order chi connectivity index (χ0) is 14.7. The van der Waals surface area contributed by atoms with Crippen LogP contribution in [-0.2, 0) is 17.6 Å². The second-order valence-corrected chi connectivity index (χ2v) is 6.28. The molecule has 1 amide bonds. The van der Waals surface area contributed by atoms with Crippen molar-refractivity contribution in [2.24, 2.45) is 0 Å². The first-order chi connectivity index (χ1) is 10.2. The van der Waals surface area contributed by atoms with Gasteiger partial charge in [-0.05, 0) is 75.5 Å². The molecule has 1 heterocycles. The Morgan fingerprint density at radius 1 is 1.29 bits per heavy atom. The van der Waals surface area contributed by atoms with Crippen molar-refractivity contribution in [2.45, 2.75) is 38.1 Å². The van der Waals surface area contributed by atoms with Crippen LogP contribution in [0, 0.1) is 0 Å². The minimum absolute atomic E-state index is 0.0916. The predicted molar refractivity (Wildman–Crippen MR) is 85.6 cm³/mol. The number of benzene rings is 1. The molecule has 0 saturated carbocycles. The Morgan fingerprint density at radius 3 is 2.86 bits per heavy atom. The fraction of sp³-hybridized carbons (Fsp3) is 0.588. The van der Waals surface area contributed by atoms with Gasteiger partial charge in [0, 0.05) is 11.7 Å². The molecule has 1 aromatic carbocycles. The second-order valence-electron chi connectivity index (χ2n) is 6.28. The summed E-state index contributed by atoms with van der Waals surface area (Å²) < 4.78 is 0. The lowest BCUT2D eigenvalue weighted by molar-refractivity contribution is -0.117. The van der Waals surface area contributed by atoms with E-state index in [2.05, 4.69) is 34.7 Å². The van der Waals surface area contributed by atoms with E-state index in [1.807, 2.05) is 6.07 Å². The lowest BCUT2D eigenvalue weighted by Crippen LogP contribution is -2.44. The zero-order valence-corrected chi connectivity index (χ0v) is 12.8. The number of hydrogen-bond donors (Lipinski definition) is 2. The van der Waals surface area contributed by atoms with E-state index >= 15 is 0 Å². The van der Waals surface area contributed by atoms with E-state index in [9.17, 15) is 4.79 Å². The van der Waals surface area contributed by atoms with Gasteiger partial charge in [-0.3, -0.25) is 9.69 Å². The summed E-state index contributed by atoms with van der Waals surface area (Å²) in [6, 6.07) is 6.86. The maximum atomic E-state index is 12.2. The highest BCUT2D eigenvalue weighted by Gasteiger charge is 2.20. The average molecular weight is 287 g/mol. The Kier molecular flexibility index (Phi) is 4.56. The van der Waals surface area contributed by atoms with Crippen molar-refractivity contribution in [2.75, 3.05) is 32.0 Å². The standard InChI is InChI=1S/C17H25N3O/c1-20(16-7-9-18-10-8-16)12-17(21)19-15-6-5-13-3-2-4-14(13)11-15/h5-6,11,16,18H,2-4,7-10,12H2,1H3,(H,19,21). The summed E-state index contributed by atoms with van der Waals surface area (Å²) in [6.07, 6.45) is 5.83. The summed E-state index contributed by atoms with van der Waals surface area (Å²) in [6.45, 7) is 2.59. The van der Waals surface area contributed by atoms with Crippen molar-refractivity contribution < 1.29 is 4.79 Å². The maximum Gasteiger partial charge on any atom is 0.238 e. The molecule has 1 saturated heterocycles. The van der Waals surface area contributed by atoms with Crippen molar-refractivity contribution in [3.8, 4) is 0 Å². The summed E-state index contributed by atoms with van der Waals surface area (Å²) in [5.41, 5.74) is 3.79. The van der Waals surface area contributed by atoms with Crippen LogP contribution in [0.15, 0.2) is 18.2 Å². The first-order valence-electron chi connectivity index (χ1n) is 8.05. The van der Waals surface area contributed by atoms with Crippen LogP contribution < -0.4 is 10.6 Å². The Bertz CT molecular complexity index is 509. The lowest BCUT2D eigenvalue weighted by atomic mass is 10.1. The van der Waals surface area contributed by atoms with Crippen LogP contribution in [0.3, 0.4) is 0 Å². The molecule has 0 bridgehead atoms. The first kappa shape index (κ1) is 14.5. The molecule has 0 spiro atoms. The molecule has 21 heavy (non-hydrogen) atoms. The highest BCUT2D eigenvalue weighted by molar-refractivity contribution is 5.92. The molecular weight excluding hydrogens is 262 g/mol. The minimum Gasteiger partial charge on any atom is -0.325 e. The third kappa shape index (κ3) is 3.63. The van der Waals surface area contributed by atoms with Crippen LogP contribution >= 0.6 is 0 Å². The van der Waals surface area contributed by atoms with Gasteiger partial charge < -0.3 is 10.6 Å². The second kappa shape index (κ2) is 6.58. The van der Waals surface area contributed by atoms with Gasteiger partial charge >= 0.3 is 0 Å². The molecule has 3 rings (SSSR count). The van der Waals surface area contributed by atoms with E-state index in [1.54, 1.807) is 0 Å². The van der Waals surface area contributed by atoms with Gasteiger partial charge in [0.05, 0.1) is 6.54 Å². The number of hydrogen-bond acceptors (Lipinski definition) is 3. The Balaban J connectivity index is 1.53. The van der Waals surface area contributed by atoms with Gasteiger partial charge in [-0.1, -0.05) is 6.07 Å². The van der Waals surface area contributed by atoms with E-state index in [4.69, 9.17) is 0 Å². The molecule has 114 valence electrons. The van der Waals surface area contributed by atoms with Crippen molar-refractivity contribution in [1.82, 2.24) is 10.2 Å². The molecule has 0 atom stereocenters. The van der Waals surface area contributed by atoms with Gasteiger partial charge in [-0.15, -0.1) is 0 Å². The van der Waals surface area contributed by atoms with Gasteiger partial charge in [0.2, 0.25) is 5.91 Å². The average Bonchev–Trinajstić information content (AvgIpc) is 2.95. The van der Waals surface area contributed by atoms with Crippen LogP contribution in [0.4, 0.5) is 5.69 Å². The number of anilines is 1. The number of carbonyl (C=O) groups is 1. The third-order valence-electron chi connectivity index (χ3n) is 4.71. The quantitative estimate of drug-likeness (QED) is 0.887. The number of likely N-dealkylation sites (N-methyl/N-ethyl adjacent to an activating group) is 1. The van der Waals surface area contributed by atoms with Crippen LogP contribution in [0.2, 0.25) is 0 Å². The van der Waals surface area contributed by atoms with Gasteiger partial charge in [0.15, 0.2) is 0 Å². The molecule has 1 aliphatic carbocycles. The number of nitrogens with one attached hydrogen (secondary N) is 2. The number of carbonyl (C=O) groups excluding carboxylic acids is 1. The molecule has 4 nitrogen and oxygen atoms in total. The zero-order valence-electron chi connectivity index (χ0n) is 12.8. The fourth-order valence-electron chi connectivity index (χ4n) is 3.45.